The molecule has 4 unspecified atom stereocenters. The largest absolute Gasteiger partial charge is 0.680 e. The quantitative estimate of drug-likeness (QED) is 0.146. The maximum absolute atomic E-state index is 13.5. The van der Waals surface area contributed by atoms with E-state index >= 15 is 0 Å². The van der Waals surface area contributed by atoms with Gasteiger partial charge in [0, 0.05) is 11.1 Å². The van der Waals surface area contributed by atoms with Crippen molar-refractivity contribution in [3.05, 3.63) is 34.9 Å². The lowest BCUT2D eigenvalue weighted by Gasteiger charge is -2.23. The number of carbonyl (C=O) groups is 3. The maximum Gasteiger partial charge on any atom is 0.680 e. The number of rotatable bonds is 7. The number of halogens is 1. The molecule has 3 rings (SSSR count). The summed E-state index contributed by atoms with van der Waals surface area (Å²) in [5, 5.41) is 29.3. The molecule has 0 aromatic heterocycles. The van der Waals surface area contributed by atoms with Gasteiger partial charge in [-0.05, 0) is 79.8 Å². The molecule has 0 aromatic rings. The summed E-state index contributed by atoms with van der Waals surface area (Å²) in [6.45, 7) is -1.58. The van der Waals surface area contributed by atoms with Gasteiger partial charge in [-0.3, -0.25) is 0 Å². The molecule has 0 radical (unpaired) electrons. The first-order valence-electron chi connectivity index (χ1n) is 15.3. The summed E-state index contributed by atoms with van der Waals surface area (Å²) >= 11 is 1.81. The van der Waals surface area contributed by atoms with E-state index in [1.807, 2.05) is 22.0 Å². The van der Waals surface area contributed by atoms with Crippen LogP contribution in [0.3, 0.4) is 0 Å². The summed E-state index contributed by atoms with van der Waals surface area (Å²) in [7, 11) is 0. The van der Waals surface area contributed by atoms with Crippen molar-refractivity contribution in [1.29, 1.82) is 15.8 Å². The molecule has 4 atom stereocenters. The highest BCUT2D eigenvalue weighted by Gasteiger charge is 2.44. The Morgan fingerprint density at radius 2 is 0.977 bits per heavy atom. The van der Waals surface area contributed by atoms with Crippen LogP contribution >= 0.6 is 27.7 Å². The van der Waals surface area contributed by atoms with Gasteiger partial charge in [0.25, 0.3) is 0 Å². The van der Waals surface area contributed by atoms with E-state index in [2.05, 4.69) is 18.2 Å². The van der Waals surface area contributed by atoms with Crippen LogP contribution in [-0.4, -0.2) is 24.7 Å². The molecule has 0 amide bonds. The average molecular weight is 717 g/mol. The highest BCUT2D eigenvalue weighted by atomic mass is 127. The Hall–Kier alpha value is -2.68. The first kappa shape index (κ1) is 34.8. The van der Waals surface area contributed by atoms with Crippen molar-refractivity contribution in [2.75, 3.05) is 0 Å². The van der Waals surface area contributed by atoms with E-state index in [0.29, 0.717) is 38.5 Å². The van der Waals surface area contributed by atoms with Gasteiger partial charge in [-0.1, -0.05) is 63.2 Å². The van der Waals surface area contributed by atoms with Crippen LogP contribution in [0, 0.1) is 51.7 Å². The number of allylic oxidation sites excluding steroid dienone is 3. The fourth-order valence-electron chi connectivity index (χ4n) is 5.53. The molecule has 3 aliphatic rings. The summed E-state index contributed by atoms with van der Waals surface area (Å²) in [6.07, 6.45) is 17.6. The minimum atomic E-state index is -2.06. The Morgan fingerprint density at radius 3 is 1.37 bits per heavy atom. The molecule has 0 spiro atoms. The van der Waals surface area contributed by atoms with Crippen molar-refractivity contribution < 1.29 is 28.2 Å². The molecule has 0 saturated heterocycles. The minimum Gasteiger partial charge on any atom is -0.489 e. The lowest BCUT2D eigenvalue weighted by Crippen LogP contribution is -2.32. The fourth-order valence-corrected chi connectivity index (χ4v) is 7.46. The van der Waals surface area contributed by atoms with Gasteiger partial charge in [0.1, 0.15) is 0 Å². The van der Waals surface area contributed by atoms with Crippen molar-refractivity contribution >= 4 is 52.5 Å². The fraction of sp³-hybridized carbons (Fsp3) is 0.613. The number of hydrogen-bond acceptors (Lipinski definition) is 9. The van der Waals surface area contributed by atoms with E-state index < -0.39 is 48.2 Å². The minimum absolute atomic E-state index is 0.207. The molecule has 3 aliphatic carbocycles. The lowest BCUT2D eigenvalue weighted by molar-refractivity contribution is -0.136. The molecule has 228 valence electrons. The number of carbonyl (C=O) groups excluding carboxylic acids is 3. The Morgan fingerprint density at radius 1 is 0.628 bits per heavy atom. The predicted octanol–water partition coefficient (Wildman–Crippen LogP) is 7.83. The molecule has 0 bridgehead atoms. The van der Waals surface area contributed by atoms with Crippen molar-refractivity contribution in [1.82, 2.24) is 0 Å². The van der Waals surface area contributed by atoms with Crippen LogP contribution < -0.4 is 0 Å². The smallest absolute Gasteiger partial charge is 0.489 e. The molecular formula is C31H38BIN3O6P. The van der Waals surface area contributed by atoms with Crippen molar-refractivity contribution in [2.24, 2.45) is 17.8 Å². The maximum atomic E-state index is 13.5. The van der Waals surface area contributed by atoms with Gasteiger partial charge in [0.05, 0.1) is 41.5 Å². The van der Waals surface area contributed by atoms with Gasteiger partial charge in [-0.2, -0.15) is 15.8 Å². The molecule has 43 heavy (non-hydrogen) atoms. The van der Waals surface area contributed by atoms with Gasteiger partial charge < -0.3 is 13.8 Å². The normalized spacial score (nSPS) is 26.6. The zero-order chi connectivity index (χ0) is 31.0. The Bertz CT molecular complexity index is 1230. The molecule has 0 heterocycles. The van der Waals surface area contributed by atoms with Crippen molar-refractivity contribution in [3.8, 4) is 18.2 Å². The van der Waals surface area contributed by atoms with Crippen molar-refractivity contribution in [3.63, 3.8) is 0 Å². The van der Waals surface area contributed by atoms with Gasteiger partial charge in [-0.25, -0.2) is 14.4 Å². The molecule has 0 aromatic carbocycles. The van der Waals surface area contributed by atoms with E-state index in [9.17, 15) is 30.2 Å². The molecule has 9 nitrogen and oxygen atoms in total. The van der Waals surface area contributed by atoms with Crippen LogP contribution in [0.1, 0.15) is 103 Å². The van der Waals surface area contributed by atoms with E-state index in [4.69, 9.17) is 13.8 Å². The predicted molar refractivity (Wildman–Crippen MR) is 170 cm³/mol. The van der Waals surface area contributed by atoms with Crippen LogP contribution in [0.25, 0.3) is 0 Å². The van der Waals surface area contributed by atoms with Gasteiger partial charge in [0.2, 0.25) is 5.67 Å². The van der Waals surface area contributed by atoms with E-state index in [0.717, 1.165) is 64.2 Å². The molecule has 0 N–H and O–H groups in total. The topological polar surface area (TPSA) is 150 Å². The van der Waals surface area contributed by atoms with Gasteiger partial charge >= 0.3 is 24.7 Å². The molecule has 0 aliphatic heterocycles. The third-order valence-corrected chi connectivity index (χ3v) is 10.8. The van der Waals surface area contributed by atoms with E-state index in [-0.39, 0.29) is 16.7 Å². The second-order valence-corrected chi connectivity index (χ2v) is 15.1. The van der Waals surface area contributed by atoms with Crippen molar-refractivity contribution in [2.45, 2.75) is 103 Å². The number of nitrogens with zero attached hydrogens (tertiary/aromatic N) is 3. The molecule has 0 fully saturated rings. The first-order valence-corrected chi connectivity index (χ1v) is 19.4. The highest BCUT2D eigenvalue weighted by Crippen LogP contribution is 2.51. The summed E-state index contributed by atoms with van der Waals surface area (Å²) in [6, 6.07) is 6.59. The van der Waals surface area contributed by atoms with E-state index in [1.165, 1.54) is 0 Å². The monoisotopic (exact) mass is 717 g/mol. The Labute approximate surface area is 269 Å². The second-order valence-electron chi connectivity index (χ2n) is 11.1. The van der Waals surface area contributed by atoms with Crippen LogP contribution in [-0.2, 0) is 28.2 Å². The van der Waals surface area contributed by atoms with E-state index in [1.54, 1.807) is 18.2 Å². The van der Waals surface area contributed by atoms with Crippen LogP contribution in [0.5, 0.6) is 0 Å². The standard InChI is InChI=1S/C31H38BIN3O6P/c33-43(42-31(39)28-19-13-7-5-10-16-25(28)22-36)32(41-30(38)27-18-12-6-4-9-15-24(27)21-35)40-29(37)26-17-11-3-1-2-8-14-23(26)20-34/h17-19,23-25H,1-16H2/b26-17+,27-18?,28-19+. The van der Waals surface area contributed by atoms with Crippen LogP contribution in [0.4, 0.5) is 0 Å². The third kappa shape index (κ3) is 10.8. The van der Waals surface area contributed by atoms with Gasteiger partial charge in [0.15, 0.2) is 0 Å². The SMILES string of the molecule is N#CC1CCCCCC=C1C(=O)OB(OC(=O)/C1=C/CCCCCCC1C#N)P(I)OC(=O)/C1=C/CCCCCC1C#N. The van der Waals surface area contributed by atoms with Crippen LogP contribution in [0.15, 0.2) is 34.9 Å². The zero-order valence-corrected chi connectivity index (χ0v) is 27.5. The second kappa shape index (κ2) is 18.9. The summed E-state index contributed by atoms with van der Waals surface area (Å²) in [4.78, 5) is 40.3. The number of nitriles is 3. The highest BCUT2D eigenvalue weighted by molar-refractivity contribution is 14.2. The third-order valence-electron chi connectivity index (χ3n) is 7.99. The Balaban J connectivity index is 1.88. The molecule has 0 saturated carbocycles. The molecule has 12 heteroatoms. The summed E-state index contributed by atoms with van der Waals surface area (Å²) in [5.74, 6) is -4.25. The molecular weight excluding hydrogens is 679 g/mol. The summed E-state index contributed by atoms with van der Waals surface area (Å²) in [5.41, 5.74) is -1.38. The average Bonchev–Trinajstić information content (AvgIpc) is 3.08. The Kier molecular flexibility index (Phi) is 15.3. The van der Waals surface area contributed by atoms with Crippen LogP contribution in [0.2, 0.25) is 0 Å². The summed E-state index contributed by atoms with van der Waals surface area (Å²) < 4.78 is 17.2. The number of hydrogen-bond donors (Lipinski definition) is 0. The lowest BCUT2D eigenvalue weighted by atomic mass is 9.90. The first-order chi connectivity index (χ1) is 20.9. The van der Waals surface area contributed by atoms with Gasteiger partial charge in [-0.15, -0.1) is 0 Å². The zero-order valence-electron chi connectivity index (χ0n) is 24.5.